The van der Waals surface area contributed by atoms with Crippen LogP contribution in [0.3, 0.4) is 0 Å². The maximum absolute atomic E-state index is 12.8. The molecule has 158 valence electrons. The molecule has 0 N–H and O–H groups in total. The molecule has 0 rings (SSSR count). The first-order valence-electron chi connectivity index (χ1n) is 10.4. The average molecular weight is 433 g/mol. The SMILES string of the molecule is CCCCCCCCOP(=O)(OCCCCCCCC)OC(Cl)(Cl)CC. The number of alkyl halides is 2. The molecule has 0 fully saturated rings. The normalized spacial score (nSPS) is 12.7. The monoisotopic (exact) mass is 432 g/mol. The van der Waals surface area contributed by atoms with E-state index >= 15 is 0 Å². The number of halogens is 2. The van der Waals surface area contributed by atoms with Gasteiger partial charge in [0.15, 0.2) is 0 Å². The van der Waals surface area contributed by atoms with Crippen molar-refractivity contribution in [1.82, 2.24) is 0 Å². The first kappa shape index (κ1) is 26.7. The molecule has 0 unspecified atom stereocenters. The second-order valence-corrected chi connectivity index (χ2v) is 9.74. The third-order valence-electron chi connectivity index (χ3n) is 4.15. The summed E-state index contributed by atoms with van der Waals surface area (Å²) in [5.74, 6) is 0. The van der Waals surface area contributed by atoms with Crippen LogP contribution in [-0.2, 0) is 18.1 Å². The summed E-state index contributed by atoms with van der Waals surface area (Å²) in [4.78, 5) is 0. The smallest absolute Gasteiger partial charge is 0.287 e. The number of unbranched alkanes of at least 4 members (excludes halogenated alkanes) is 10. The van der Waals surface area contributed by atoms with Crippen LogP contribution in [0, 0.1) is 0 Å². The molecule has 0 heterocycles. The number of hydrogen-bond acceptors (Lipinski definition) is 4. The van der Waals surface area contributed by atoms with Crippen molar-refractivity contribution >= 4 is 31.0 Å². The minimum atomic E-state index is -3.74. The molecule has 0 radical (unpaired) electrons. The predicted molar refractivity (Wildman–Crippen MR) is 112 cm³/mol. The van der Waals surface area contributed by atoms with E-state index in [1.807, 2.05) is 0 Å². The summed E-state index contributed by atoms with van der Waals surface area (Å²) in [6, 6.07) is 0. The van der Waals surface area contributed by atoms with E-state index in [9.17, 15) is 4.57 Å². The van der Waals surface area contributed by atoms with Gasteiger partial charge in [0, 0.05) is 6.42 Å². The molecule has 0 bridgehead atoms. The summed E-state index contributed by atoms with van der Waals surface area (Å²) < 4.78 is 27.5. The van der Waals surface area contributed by atoms with Crippen molar-refractivity contribution in [3.05, 3.63) is 0 Å². The highest BCUT2D eigenvalue weighted by Gasteiger charge is 2.37. The van der Waals surface area contributed by atoms with Crippen LogP contribution in [0.4, 0.5) is 0 Å². The highest BCUT2D eigenvalue weighted by Crippen LogP contribution is 2.55. The molecule has 0 aromatic carbocycles. The lowest BCUT2D eigenvalue weighted by Gasteiger charge is -2.24. The van der Waals surface area contributed by atoms with Gasteiger partial charge in [-0.3, -0.25) is 9.05 Å². The van der Waals surface area contributed by atoms with Gasteiger partial charge in [-0.05, 0) is 12.8 Å². The summed E-state index contributed by atoms with van der Waals surface area (Å²) in [6.07, 6.45) is 13.7. The van der Waals surface area contributed by atoms with Gasteiger partial charge in [0.1, 0.15) is 0 Å². The van der Waals surface area contributed by atoms with Crippen molar-refractivity contribution in [2.45, 2.75) is 109 Å². The molecule has 26 heavy (non-hydrogen) atoms. The number of phosphoric acid groups is 1. The zero-order valence-corrected chi connectivity index (χ0v) is 19.3. The Morgan fingerprint density at radius 1 is 0.692 bits per heavy atom. The van der Waals surface area contributed by atoms with Gasteiger partial charge in [-0.25, -0.2) is 9.09 Å². The van der Waals surface area contributed by atoms with Gasteiger partial charge in [0.25, 0.3) is 0 Å². The van der Waals surface area contributed by atoms with Gasteiger partial charge in [-0.15, -0.1) is 0 Å². The largest absolute Gasteiger partial charge is 0.477 e. The summed E-state index contributed by atoms with van der Waals surface area (Å²) in [7, 11) is -3.74. The Hall–Kier alpha value is 0.690. The van der Waals surface area contributed by atoms with E-state index in [1.54, 1.807) is 6.92 Å². The zero-order chi connectivity index (χ0) is 19.7. The molecule has 0 amide bonds. The Kier molecular flexibility index (Phi) is 17.1. The average Bonchev–Trinajstić information content (AvgIpc) is 2.60. The maximum Gasteiger partial charge on any atom is 0.477 e. The fourth-order valence-corrected chi connectivity index (χ4v) is 4.28. The van der Waals surface area contributed by atoms with Crippen LogP contribution in [-0.4, -0.2) is 17.7 Å². The standard InChI is InChI=1S/C19H39Cl2O4P/c1-4-7-9-11-13-15-17-23-26(22,25-19(20,21)6-3)24-18-16-14-12-10-8-5-2/h4-18H2,1-3H3. The fourth-order valence-electron chi connectivity index (χ4n) is 2.44. The highest BCUT2D eigenvalue weighted by atomic mass is 35.5. The van der Waals surface area contributed by atoms with Crippen molar-refractivity contribution in [3.63, 3.8) is 0 Å². The van der Waals surface area contributed by atoms with E-state index in [1.165, 1.54) is 38.5 Å². The second kappa shape index (κ2) is 16.6. The molecule has 0 aromatic rings. The van der Waals surface area contributed by atoms with Gasteiger partial charge >= 0.3 is 7.82 Å². The van der Waals surface area contributed by atoms with E-state index < -0.39 is 12.3 Å². The van der Waals surface area contributed by atoms with E-state index in [4.69, 9.17) is 36.8 Å². The van der Waals surface area contributed by atoms with E-state index in [2.05, 4.69) is 13.8 Å². The van der Waals surface area contributed by atoms with Crippen molar-refractivity contribution in [2.24, 2.45) is 0 Å². The minimum Gasteiger partial charge on any atom is -0.287 e. The topological polar surface area (TPSA) is 44.8 Å². The lowest BCUT2D eigenvalue weighted by Crippen LogP contribution is -2.17. The summed E-state index contributed by atoms with van der Waals surface area (Å²) in [6.45, 7) is 6.79. The first-order valence-corrected chi connectivity index (χ1v) is 12.6. The Morgan fingerprint density at radius 2 is 1.08 bits per heavy atom. The number of rotatable bonds is 19. The summed E-state index contributed by atoms with van der Waals surface area (Å²) in [5, 5.41) is 0. The van der Waals surface area contributed by atoms with Crippen molar-refractivity contribution < 1.29 is 18.1 Å². The van der Waals surface area contributed by atoms with Crippen LogP contribution in [0.2, 0.25) is 0 Å². The summed E-state index contributed by atoms with van der Waals surface area (Å²) >= 11 is 12.0. The maximum atomic E-state index is 12.8. The molecule has 7 heteroatoms. The van der Waals surface area contributed by atoms with Gasteiger partial charge in [-0.1, -0.05) is 108 Å². The quantitative estimate of drug-likeness (QED) is 0.117. The number of phosphoric ester groups is 1. The second-order valence-electron chi connectivity index (χ2n) is 6.73. The van der Waals surface area contributed by atoms with Crippen LogP contribution in [0.25, 0.3) is 0 Å². The van der Waals surface area contributed by atoms with Crippen molar-refractivity contribution in [2.75, 3.05) is 13.2 Å². The third-order valence-corrected chi connectivity index (χ3v) is 6.59. The molecule has 0 spiro atoms. The van der Waals surface area contributed by atoms with Crippen LogP contribution in [0.15, 0.2) is 0 Å². The molecule has 0 saturated carbocycles. The molecule has 0 saturated heterocycles. The van der Waals surface area contributed by atoms with Gasteiger partial charge in [0.05, 0.1) is 13.2 Å². The third kappa shape index (κ3) is 15.7. The molecule has 0 aromatic heterocycles. The lowest BCUT2D eigenvalue weighted by atomic mass is 10.1. The molecule has 0 aliphatic heterocycles. The lowest BCUT2D eigenvalue weighted by molar-refractivity contribution is 0.0867. The Balaban J connectivity index is 4.20. The first-order chi connectivity index (χ1) is 12.4. The molecule has 0 aliphatic carbocycles. The van der Waals surface area contributed by atoms with Gasteiger partial charge in [-0.2, -0.15) is 0 Å². The minimum absolute atomic E-state index is 0.293. The summed E-state index contributed by atoms with van der Waals surface area (Å²) in [5.41, 5.74) is 0. The van der Waals surface area contributed by atoms with Crippen LogP contribution < -0.4 is 0 Å². The number of hydrogen-bond donors (Lipinski definition) is 0. The van der Waals surface area contributed by atoms with E-state index in [0.717, 1.165) is 38.5 Å². The molecule has 4 nitrogen and oxygen atoms in total. The van der Waals surface area contributed by atoms with Crippen LogP contribution in [0.5, 0.6) is 0 Å². The zero-order valence-electron chi connectivity index (χ0n) is 16.9. The van der Waals surface area contributed by atoms with Crippen LogP contribution in [0.1, 0.15) is 104 Å². The van der Waals surface area contributed by atoms with E-state index in [0.29, 0.717) is 19.6 Å². The Bertz CT molecular complexity index is 345. The van der Waals surface area contributed by atoms with Gasteiger partial charge in [0.2, 0.25) is 4.52 Å². The van der Waals surface area contributed by atoms with Gasteiger partial charge < -0.3 is 0 Å². The Labute approximate surface area is 171 Å². The Morgan fingerprint density at radius 3 is 1.46 bits per heavy atom. The molecular weight excluding hydrogens is 394 g/mol. The van der Waals surface area contributed by atoms with E-state index in [-0.39, 0.29) is 0 Å². The fraction of sp³-hybridized carbons (Fsp3) is 1.00. The van der Waals surface area contributed by atoms with Crippen LogP contribution >= 0.6 is 31.0 Å². The molecule has 0 aliphatic rings. The molecular formula is C19H39Cl2O4P. The highest BCUT2D eigenvalue weighted by molar-refractivity contribution is 7.48. The predicted octanol–water partition coefficient (Wildman–Crippen LogP) is 8.41. The molecule has 0 atom stereocenters. The van der Waals surface area contributed by atoms with Crippen molar-refractivity contribution in [3.8, 4) is 0 Å². The van der Waals surface area contributed by atoms with Crippen molar-refractivity contribution in [1.29, 1.82) is 0 Å².